The highest BCUT2D eigenvalue weighted by molar-refractivity contribution is 7.90. The molecule has 0 unspecified atom stereocenters. The zero-order chi connectivity index (χ0) is 42.1. The van der Waals surface area contributed by atoms with Gasteiger partial charge in [-0.2, -0.15) is 17.8 Å². The minimum absolute atomic E-state index is 0.171. The molecule has 7 heterocycles. The third-order valence-electron chi connectivity index (χ3n) is 12.2. The summed E-state index contributed by atoms with van der Waals surface area (Å²) in [5, 5.41) is 7.15. The van der Waals surface area contributed by atoms with Crippen molar-refractivity contribution in [2.75, 3.05) is 73.4 Å². The number of halogens is 2. The van der Waals surface area contributed by atoms with Crippen LogP contribution in [-0.2, 0) is 19.8 Å². The lowest BCUT2D eigenvalue weighted by molar-refractivity contribution is -0.134. The summed E-state index contributed by atoms with van der Waals surface area (Å²) >= 11 is 0. The predicted molar refractivity (Wildman–Crippen MR) is 226 cm³/mol. The van der Waals surface area contributed by atoms with Crippen LogP contribution in [0.2, 0.25) is 0 Å². The Hall–Kier alpha value is -5.85. The second-order valence-electron chi connectivity index (χ2n) is 16.2. The van der Waals surface area contributed by atoms with Crippen LogP contribution in [0.15, 0.2) is 79.5 Å². The van der Waals surface area contributed by atoms with E-state index in [1.807, 2.05) is 12.1 Å². The highest BCUT2D eigenvalue weighted by atomic mass is 32.2. The number of anilines is 3. The SMILES string of the molecule is O=C1CC[C@H](c2ccc(N3CCC(CN4CCN(c5cnc(-n6cc(-c7cc(F)cc(NS(=O)(=O)N8CCCC8)c7F)c(-c7ccncc7)n6)nc5)CC4)CC3)cc2)C(=O)N1. The monoisotopic (exact) mass is 851 g/mol. The van der Waals surface area contributed by atoms with Gasteiger partial charge in [0.2, 0.25) is 11.8 Å². The summed E-state index contributed by atoms with van der Waals surface area (Å²) in [5.41, 5.74) is 3.44. The highest BCUT2D eigenvalue weighted by Crippen LogP contribution is 2.37. The summed E-state index contributed by atoms with van der Waals surface area (Å²) < 4.78 is 62.2. The Bertz CT molecular complexity index is 2490. The average Bonchev–Trinajstić information content (AvgIpc) is 3.99. The Morgan fingerprint density at radius 2 is 1.48 bits per heavy atom. The lowest BCUT2D eigenvalue weighted by Gasteiger charge is -2.40. The fourth-order valence-corrected chi connectivity index (χ4v) is 10.1. The second-order valence-corrected chi connectivity index (χ2v) is 17.8. The number of hydrogen-bond acceptors (Lipinski definition) is 11. The van der Waals surface area contributed by atoms with E-state index in [1.165, 1.54) is 15.2 Å². The van der Waals surface area contributed by atoms with Crippen molar-refractivity contribution in [3.63, 3.8) is 0 Å². The molecule has 2 amide bonds. The Kier molecular flexibility index (Phi) is 11.5. The van der Waals surface area contributed by atoms with E-state index in [4.69, 9.17) is 5.10 Å². The van der Waals surface area contributed by atoms with Crippen LogP contribution >= 0.6 is 0 Å². The molecule has 4 fully saturated rings. The Morgan fingerprint density at radius 3 is 2.16 bits per heavy atom. The van der Waals surface area contributed by atoms with E-state index in [-0.39, 0.29) is 34.8 Å². The van der Waals surface area contributed by atoms with Gasteiger partial charge in [-0.3, -0.25) is 29.5 Å². The van der Waals surface area contributed by atoms with Crippen molar-refractivity contribution in [1.82, 2.24) is 39.3 Å². The molecule has 5 aromatic rings. The van der Waals surface area contributed by atoms with Crippen LogP contribution in [0.3, 0.4) is 0 Å². The molecule has 0 saturated carbocycles. The zero-order valence-corrected chi connectivity index (χ0v) is 34.4. The van der Waals surface area contributed by atoms with E-state index in [0.29, 0.717) is 55.9 Å². The van der Waals surface area contributed by atoms with Gasteiger partial charge in [-0.25, -0.2) is 23.4 Å². The van der Waals surface area contributed by atoms with Gasteiger partial charge in [0, 0.05) is 112 Å². The maximum atomic E-state index is 16.2. The summed E-state index contributed by atoms with van der Waals surface area (Å²) in [6.07, 6.45) is 12.7. The summed E-state index contributed by atoms with van der Waals surface area (Å²) in [6, 6.07) is 13.5. The number of carbonyl (C=O) groups is 2. The van der Waals surface area contributed by atoms with Crippen molar-refractivity contribution in [2.24, 2.45) is 5.92 Å². The molecule has 4 aliphatic rings. The first kappa shape index (κ1) is 40.6. The first-order valence-electron chi connectivity index (χ1n) is 20.8. The van der Waals surface area contributed by atoms with E-state index in [0.717, 1.165) is 87.7 Å². The first-order valence-corrected chi connectivity index (χ1v) is 22.3. The molecular formula is C43H47F2N11O4S. The van der Waals surface area contributed by atoms with Crippen molar-refractivity contribution in [1.29, 1.82) is 0 Å². The number of nitrogens with one attached hydrogen (secondary N) is 2. The van der Waals surface area contributed by atoms with Crippen LogP contribution in [0.4, 0.5) is 25.8 Å². The molecule has 9 rings (SSSR count). The minimum atomic E-state index is -4.09. The number of carbonyl (C=O) groups excluding carboxylic acids is 2. The number of piperazine rings is 1. The molecule has 2 aromatic carbocycles. The molecule has 0 radical (unpaired) electrons. The number of hydrogen-bond donors (Lipinski definition) is 2. The molecule has 0 spiro atoms. The molecule has 4 aliphatic heterocycles. The van der Waals surface area contributed by atoms with E-state index < -0.39 is 27.5 Å². The summed E-state index contributed by atoms with van der Waals surface area (Å²) in [4.78, 5) is 44.4. The topological polar surface area (TPSA) is 162 Å². The smallest absolute Gasteiger partial charge is 0.301 e. The number of piperidine rings is 2. The lowest BCUT2D eigenvalue weighted by Crippen LogP contribution is -2.49. The normalized spacial score (nSPS) is 19.7. The maximum absolute atomic E-state index is 16.2. The third-order valence-corrected chi connectivity index (χ3v) is 13.8. The van der Waals surface area contributed by atoms with Crippen LogP contribution < -0.4 is 19.8 Å². The van der Waals surface area contributed by atoms with Crippen LogP contribution in [0.25, 0.3) is 28.3 Å². The van der Waals surface area contributed by atoms with Crippen molar-refractivity contribution in [3.8, 4) is 28.3 Å². The number of nitrogens with zero attached hydrogens (tertiary/aromatic N) is 9. The van der Waals surface area contributed by atoms with Gasteiger partial charge in [0.05, 0.1) is 29.7 Å². The summed E-state index contributed by atoms with van der Waals surface area (Å²) in [5.74, 6) is -1.60. The van der Waals surface area contributed by atoms with Crippen LogP contribution in [0, 0.1) is 17.6 Å². The van der Waals surface area contributed by atoms with Gasteiger partial charge >= 0.3 is 10.2 Å². The number of aromatic nitrogens is 5. The van der Waals surface area contributed by atoms with Crippen LogP contribution in [-0.4, -0.2) is 113 Å². The lowest BCUT2D eigenvalue weighted by atomic mass is 9.90. The second kappa shape index (κ2) is 17.3. The van der Waals surface area contributed by atoms with Gasteiger partial charge in [-0.15, -0.1) is 0 Å². The molecule has 0 bridgehead atoms. The molecule has 2 N–H and O–H groups in total. The Morgan fingerprint density at radius 1 is 0.787 bits per heavy atom. The molecule has 18 heteroatoms. The third kappa shape index (κ3) is 8.83. The number of rotatable bonds is 11. The largest absolute Gasteiger partial charge is 0.372 e. The van der Waals surface area contributed by atoms with Gasteiger partial charge in [-0.05, 0) is 73.9 Å². The number of amides is 2. The molecular weight excluding hydrogens is 805 g/mol. The van der Waals surface area contributed by atoms with Crippen molar-refractivity contribution in [3.05, 3.63) is 96.7 Å². The van der Waals surface area contributed by atoms with Gasteiger partial charge < -0.3 is 9.80 Å². The van der Waals surface area contributed by atoms with Crippen molar-refractivity contribution in [2.45, 2.75) is 44.4 Å². The first-order chi connectivity index (χ1) is 29.6. The van der Waals surface area contributed by atoms with E-state index in [2.05, 4.69) is 51.8 Å². The molecule has 15 nitrogen and oxygen atoms in total. The van der Waals surface area contributed by atoms with Gasteiger partial charge in [0.15, 0.2) is 5.82 Å². The molecule has 0 aliphatic carbocycles. The number of benzene rings is 2. The maximum Gasteiger partial charge on any atom is 0.301 e. The Balaban J connectivity index is 0.824. The fraction of sp³-hybridized carbons (Fsp3) is 0.395. The molecule has 4 saturated heterocycles. The van der Waals surface area contributed by atoms with E-state index in [9.17, 15) is 18.0 Å². The number of imide groups is 1. The molecule has 3 aromatic heterocycles. The molecule has 1 atom stereocenters. The van der Waals surface area contributed by atoms with E-state index >= 15 is 8.78 Å². The summed E-state index contributed by atoms with van der Waals surface area (Å²) in [7, 11) is -4.09. The van der Waals surface area contributed by atoms with Gasteiger partial charge in [0.25, 0.3) is 5.95 Å². The Labute approximate surface area is 353 Å². The predicted octanol–water partition coefficient (Wildman–Crippen LogP) is 4.98. The summed E-state index contributed by atoms with van der Waals surface area (Å²) in [6.45, 7) is 7.09. The van der Waals surface area contributed by atoms with Crippen LogP contribution in [0.1, 0.15) is 50.0 Å². The standard InChI is InChI=1S/C43H47F2N11O4S/c44-32-23-36(40(45)38(24-32)51-61(59,60)55-15-1-2-16-55)37-28-56(50-41(37)31-9-13-46-14-10-31)43-47-25-34(26-48-43)54-21-19-52(20-22-54)27-29-11-17-53(18-12-29)33-5-3-30(4-6-33)35-7-8-39(57)49-42(35)58/h3-6,9-10,13-14,23-26,28-29,35,51H,1-2,7-8,11-12,15-22,27H2,(H,49,57,58)/t35-/m1/s1. The number of pyridine rings is 1. The zero-order valence-electron chi connectivity index (χ0n) is 33.6. The highest BCUT2D eigenvalue weighted by Gasteiger charge is 2.30. The van der Waals surface area contributed by atoms with Crippen LogP contribution in [0.5, 0.6) is 0 Å². The molecule has 61 heavy (non-hydrogen) atoms. The van der Waals surface area contributed by atoms with E-state index in [1.54, 1.807) is 36.9 Å². The van der Waals surface area contributed by atoms with Gasteiger partial charge in [-0.1, -0.05) is 12.1 Å². The van der Waals surface area contributed by atoms with Crippen molar-refractivity contribution < 1.29 is 26.8 Å². The minimum Gasteiger partial charge on any atom is -0.372 e. The fourth-order valence-electron chi connectivity index (χ4n) is 8.84. The quantitative estimate of drug-likeness (QED) is 0.173. The average molecular weight is 852 g/mol. The van der Waals surface area contributed by atoms with Gasteiger partial charge in [0.1, 0.15) is 11.5 Å². The molecule has 318 valence electrons. The van der Waals surface area contributed by atoms with Crippen molar-refractivity contribution >= 4 is 39.1 Å².